The maximum atomic E-state index is 12.0. The van der Waals surface area contributed by atoms with Gasteiger partial charge in [-0.05, 0) is 35.2 Å². The lowest BCUT2D eigenvalue weighted by Gasteiger charge is -2.13. The largest absolute Gasteiger partial charge is 0.469 e. The predicted molar refractivity (Wildman–Crippen MR) is 120 cm³/mol. The highest BCUT2D eigenvalue weighted by Crippen LogP contribution is 2.28. The van der Waals surface area contributed by atoms with Crippen molar-refractivity contribution in [2.75, 3.05) is 27.7 Å². The van der Waals surface area contributed by atoms with E-state index >= 15 is 0 Å². The highest BCUT2D eigenvalue weighted by molar-refractivity contribution is 7.87. The number of aryl methyl sites for hydroxylation is 1. The molecule has 0 fully saturated rings. The number of carbonyl (C=O) groups excluding carboxylic acids is 1. The summed E-state index contributed by atoms with van der Waals surface area (Å²) >= 11 is 0. The van der Waals surface area contributed by atoms with Crippen LogP contribution >= 0.6 is 0 Å². The van der Waals surface area contributed by atoms with Gasteiger partial charge in [0.1, 0.15) is 0 Å². The zero-order valence-corrected chi connectivity index (χ0v) is 18.9. The van der Waals surface area contributed by atoms with Crippen LogP contribution in [0.4, 0.5) is 0 Å². The maximum absolute atomic E-state index is 12.0. The molecule has 0 aliphatic carbocycles. The summed E-state index contributed by atoms with van der Waals surface area (Å²) in [6, 6.07) is 9.93. The summed E-state index contributed by atoms with van der Waals surface area (Å²) in [4.78, 5) is 15.9. The zero-order valence-electron chi connectivity index (χ0n) is 18.0. The SMILES string of the molecule is COC(=O)CCn1cc(Cc2cccnc2)c2c(CCNS(=O)(=O)N(C)C)cccc21. The Labute approximate surface area is 183 Å². The van der Waals surface area contributed by atoms with Crippen molar-refractivity contribution in [2.24, 2.45) is 0 Å². The number of nitrogens with one attached hydrogen (secondary N) is 1. The fraction of sp³-hybridized carbons (Fsp3) is 0.364. The predicted octanol–water partition coefficient (Wildman–Crippen LogP) is 2.13. The summed E-state index contributed by atoms with van der Waals surface area (Å²) in [5.41, 5.74) is 4.25. The smallest absolute Gasteiger partial charge is 0.307 e. The van der Waals surface area contributed by atoms with Crippen LogP contribution in [0.1, 0.15) is 23.1 Å². The number of hydrogen-bond donors (Lipinski definition) is 1. The molecule has 0 unspecified atom stereocenters. The fourth-order valence-corrected chi connectivity index (χ4v) is 4.14. The quantitative estimate of drug-likeness (QED) is 0.484. The van der Waals surface area contributed by atoms with Crippen molar-refractivity contribution in [3.8, 4) is 0 Å². The molecule has 0 aliphatic heterocycles. The monoisotopic (exact) mass is 444 g/mol. The molecular weight excluding hydrogens is 416 g/mol. The Hall–Kier alpha value is -2.75. The van der Waals surface area contributed by atoms with E-state index in [0.29, 0.717) is 25.9 Å². The molecule has 0 saturated heterocycles. The minimum Gasteiger partial charge on any atom is -0.469 e. The van der Waals surface area contributed by atoms with Crippen molar-refractivity contribution >= 4 is 27.1 Å². The molecule has 1 aromatic carbocycles. The topological polar surface area (TPSA) is 93.5 Å². The van der Waals surface area contributed by atoms with Crippen molar-refractivity contribution in [3.63, 3.8) is 0 Å². The summed E-state index contributed by atoms with van der Waals surface area (Å²) in [5, 5.41) is 1.08. The second-order valence-electron chi connectivity index (χ2n) is 7.45. The van der Waals surface area contributed by atoms with Gasteiger partial charge in [0.05, 0.1) is 13.5 Å². The first-order valence-electron chi connectivity index (χ1n) is 10.0. The molecule has 1 N–H and O–H groups in total. The lowest BCUT2D eigenvalue weighted by molar-refractivity contribution is -0.140. The van der Waals surface area contributed by atoms with E-state index in [1.807, 2.05) is 36.5 Å². The molecule has 3 aromatic rings. The average molecular weight is 445 g/mol. The average Bonchev–Trinajstić information content (AvgIpc) is 3.10. The number of nitrogens with zero attached hydrogens (tertiary/aromatic N) is 3. The van der Waals surface area contributed by atoms with Gasteiger partial charge in [-0.3, -0.25) is 9.78 Å². The molecule has 0 aliphatic rings. The maximum Gasteiger partial charge on any atom is 0.307 e. The van der Waals surface area contributed by atoms with E-state index in [4.69, 9.17) is 4.74 Å². The molecule has 2 aromatic heterocycles. The fourth-order valence-electron chi connectivity index (χ4n) is 3.53. The van der Waals surface area contributed by atoms with E-state index in [-0.39, 0.29) is 12.4 Å². The molecule has 8 nitrogen and oxygen atoms in total. The van der Waals surface area contributed by atoms with Gasteiger partial charge >= 0.3 is 5.97 Å². The van der Waals surface area contributed by atoms with Crippen LogP contribution in [0.3, 0.4) is 0 Å². The lowest BCUT2D eigenvalue weighted by atomic mass is 10.00. The second kappa shape index (κ2) is 10.0. The molecule has 31 heavy (non-hydrogen) atoms. The number of pyridine rings is 1. The molecule has 0 bridgehead atoms. The Morgan fingerprint density at radius 2 is 2.00 bits per heavy atom. The van der Waals surface area contributed by atoms with Crippen LogP contribution in [-0.4, -0.2) is 56.0 Å². The van der Waals surface area contributed by atoms with Crippen LogP contribution in [0.15, 0.2) is 48.9 Å². The van der Waals surface area contributed by atoms with Gasteiger partial charge in [-0.15, -0.1) is 0 Å². The molecular formula is C22H28N4O4S. The number of methoxy groups -OCH3 is 1. The molecule has 166 valence electrons. The van der Waals surface area contributed by atoms with Crippen LogP contribution in [-0.2, 0) is 39.1 Å². The first kappa shape index (κ1) is 22.9. The first-order chi connectivity index (χ1) is 14.8. The summed E-state index contributed by atoms with van der Waals surface area (Å²) in [5.74, 6) is -0.259. The van der Waals surface area contributed by atoms with Crippen molar-refractivity contribution < 1.29 is 17.9 Å². The van der Waals surface area contributed by atoms with E-state index < -0.39 is 10.2 Å². The Morgan fingerprint density at radius 3 is 2.68 bits per heavy atom. The highest BCUT2D eigenvalue weighted by atomic mass is 32.2. The van der Waals surface area contributed by atoms with Crippen LogP contribution in [0.5, 0.6) is 0 Å². The molecule has 0 radical (unpaired) electrons. The van der Waals surface area contributed by atoms with Crippen LogP contribution in [0.25, 0.3) is 10.9 Å². The van der Waals surface area contributed by atoms with Crippen LogP contribution in [0.2, 0.25) is 0 Å². The van der Waals surface area contributed by atoms with Crippen LogP contribution in [0, 0.1) is 0 Å². The van der Waals surface area contributed by atoms with Gasteiger partial charge in [-0.2, -0.15) is 12.7 Å². The minimum atomic E-state index is -3.48. The molecule has 0 amide bonds. The summed E-state index contributed by atoms with van der Waals surface area (Å²) in [6.45, 7) is 0.798. The lowest BCUT2D eigenvalue weighted by Crippen LogP contribution is -2.36. The van der Waals surface area contributed by atoms with Gasteiger partial charge in [0.2, 0.25) is 0 Å². The summed E-state index contributed by atoms with van der Waals surface area (Å²) < 4.78 is 34.7. The van der Waals surface area contributed by atoms with Gasteiger partial charge in [0.15, 0.2) is 0 Å². The molecule has 0 spiro atoms. The van der Waals surface area contributed by atoms with Crippen molar-refractivity contribution in [2.45, 2.75) is 25.8 Å². The zero-order chi connectivity index (χ0) is 22.4. The van der Waals surface area contributed by atoms with Crippen molar-refractivity contribution in [1.82, 2.24) is 18.6 Å². The Bertz CT molecular complexity index is 1140. The number of ether oxygens (including phenoxy) is 1. The normalized spacial score (nSPS) is 11.9. The van der Waals surface area contributed by atoms with Crippen LogP contribution < -0.4 is 4.72 Å². The molecule has 0 atom stereocenters. The second-order valence-corrected chi connectivity index (χ2v) is 9.42. The molecule has 0 saturated carbocycles. The minimum absolute atomic E-state index is 0.259. The van der Waals surface area contributed by atoms with Gasteiger partial charge < -0.3 is 9.30 Å². The number of hydrogen-bond acceptors (Lipinski definition) is 5. The van der Waals surface area contributed by atoms with E-state index in [0.717, 1.165) is 31.9 Å². The first-order valence-corrected chi connectivity index (χ1v) is 11.5. The Balaban J connectivity index is 1.94. The van der Waals surface area contributed by atoms with Gasteiger partial charge in [0.25, 0.3) is 10.2 Å². The third-order valence-corrected chi connectivity index (χ3v) is 6.66. The Morgan fingerprint density at radius 1 is 1.19 bits per heavy atom. The third-order valence-electron chi connectivity index (χ3n) is 5.13. The van der Waals surface area contributed by atoms with Gasteiger partial charge in [0, 0.05) is 63.1 Å². The molecule has 3 rings (SSSR count). The van der Waals surface area contributed by atoms with Gasteiger partial charge in [-0.1, -0.05) is 18.2 Å². The number of esters is 1. The van der Waals surface area contributed by atoms with E-state index in [1.165, 1.54) is 21.2 Å². The van der Waals surface area contributed by atoms with Crippen molar-refractivity contribution in [3.05, 3.63) is 65.6 Å². The standard InChI is InChI=1S/C22H28N4O4S/c1-25(2)31(28,29)24-12-9-18-7-4-8-20-22(18)19(14-17-6-5-11-23-15-17)16-26(20)13-10-21(27)30-3/h4-8,11,15-16,24H,9-10,12-14H2,1-3H3. The number of carbonyl (C=O) groups is 1. The number of aromatic nitrogens is 2. The number of fused-ring (bicyclic) bond motifs is 1. The Kier molecular flexibility index (Phi) is 7.42. The summed E-state index contributed by atoms with van der Waals surface area (Å²) in [6.07, 6.45) is 7.16. The van der Waals surface area contributed by atoms with Gasteiger partial charge in [-0.25, -0.2) is 4.72 Å². The van der Waals surface area contributed by atoms with Crippen molar-refractivity contribution in [1.29, 1.82) is 0 Å². The number of rotatable bonds is 10. The highest BCUT2D eigenvalue weighted by Gasteiger charge is 2.16. The van der Waals surface area contributed by atoms with E-state index in [2.05, 4.69) is 20.5 Å². The van der Waals surface area contributed by atoms with E-state index in [1.54, 1.807) is 6.20 Å². The molecule has 9 heteroatoms. The van der Waals surface area contributed by atoms with E-state index in [9.17, 15) is 13.2 Å². The third kappa shape index (κ3) is 5.69. The number of benzene rings is 1. The summed E-state index contributed by atoms with van der Waals surface area (Å²) in [7, 11) is 0.901. The molecule has 2 heterocycles.